The fourth-order valence-corrected chi connectivity index (χ4v) is 6.59. The van der Waals surface area contributed by atoms with Crippen molar-refractivity contribution in [3.05, 3.63) is 89.1 Å². The number of hydrogen-bond donors (Lipinski definition) is 2. The smallest absolute Gasteiger partial charge is 0.256 e. The number of nitrogens with one attached hydrogen (secondary N) is 2. The van der Waals surface area contributed by atoms with Crippen molar-refractivity contribution in [2.24, 2.45) is 4.99 Å². The van der Waals surface area contributed by atoms with Crippen LogP contribution in [0.2, 0.25) is 0 Å². The zero-order valence-corrected chi connectivity index (χ0v) is 20.9. The highest BCUT2D eigenvalue weighted by atomic mass is 16.2. The summed E-state index contributed by atoms with van der Waals surface area (Å²) in [5.41, 5.74) is 3.14. The lowest BCUT2D eigenvalue weighted by molar-refractivity contribution is -0.133. The maximum Gasteiger partial charge on any atom is 0.256 e. The van der Waals surface area contributed by atoms with E-state index in [1.807, 2.05) is 60.7 Å². The van der Waals surface area contributed by atoms with Gasteiger partial charge in [0, 0.05) is 23.0 Å². The molecule has 190 valence electrons. The first-order valence-electron chi connectivity index (χ1n) is 13.1. The van der Waals surface area contributed by atoms with E-state index in [2.05, 4.69) is 15.6 Å². The van der Waals surface area contributed by atoms with E-state index in [4.69, 9.17) is 4.99 Å². The Balaban J connectivity index is 1.11. The molecule has 0 radical (unpaired) electrons. The Labute approximate surface area is 220 Å². The number of amides is 3. The van der Waals surface area contributed by atoms with Gasteiger partial charge >= 0.3 is 0 Å². The normalized spacial score (nSPS) is 22.5. The number of carbonyl (C=O) groups is 3. The maximum atomic E-state index is 13.5. The van der Waals surface area contributed by atoms with Gasteiger partial charge in [-0.15, -0.1) is 0 Å². The number of hydrogen-bond acceptors (Lipinski definition) is 5. The van der Waals surface area contributed by atoms with Crippen LogP contribution in [0.5, 0.6) is 0 Å². The van der Waals surface area contributed by atoms with Crippen LogP contribution in [0.15, 0.2) is 71.9 Å². The molecule has 2 aliphatic heterocycles. The summed E-state index contributed by atoms with van der Waals surface area (Å²) in [6.45, 7) is -0.100. The van der Waals surface area contributed by atoms with Crippen LogP contribution >= 0.6 is 0 Å². The van der Waals surface area contributed by atoms with Crippen LogP contribution in [0.3, 0.4) is 0 Å². The zero-order chi connectivity index (χ0) is 25.9. The van der Waals surface area contributed by atoms with Crippen molar-refractivity contribution in [2.45, 2.75) is 49.5 Å². The summed E-state index contributed by atoms with van der Waals surface area (Å²) in [6, 6.07) is 19.2. The molecule has 3 amide bonds. The maximum absolute atomic E-state index is 13.5. The summed E-state index contributed by atoms with van der Waals surface area (Å²) >= 11 is 0. The summed E-state index contributed by atoms with van der Waals surface area (Å²) in [6.07, 6.45) is 6.20. The minimum Gasteiger partial charge on any atom is -0.325 e. The van der Waals surface area contributed by atoms with Crippen LogP contribution in [0.4, 0.5) is 11.5 Å². The highest BCUT2D eigenvalue weighted by Gasteiger charge is 2.52. The summed E-state index contributed by atoms with van der Waals surface area (Å²) < 4.78 is 0. The van der Waals surface area contributed by atoms with Gasteiger partial charge in [0.2, 0.25) is 11.8 Å². The molecule has 38 heavy (non-hydrogen) atoms. The molecule has 2 spiro atoms. The van der Waals surface area contributed by atoms with Crippen LogP contribution in [0.1, 0.15) is 47.9 Å². The first kappa shape index (κ1) is 22.8. The molecule has 1 fully saturated rings. The van der Waals surface area contributed by atoms with Gasteiger partial charge in [0.1, 0.15) is 23.7 Å². The molecular formula is C30H27N5O3. The van der Waals surface area contributed by atoms with Crippen LogP contribution in [-0.2, 0) is 32.6 Å². The lowest BCUT2D eigenvalue weighted by Crippen LogP contribution is -2.44. The van der Waals surface area contributed by atoms with Gasteiger partial charge < -0.3 is 10.6 Å². The van der Waals surface area contributed by atoms with E-state index < -0.39 is 11.0 Å². The van der Waals surface area contributed by atoms with Gasteiger partial charge in [0.15, 0.2) is 0 Å². The van der Waals surface area contributed by atoms with Crippen molar-refractivity contribution < 1.29 is 14.4 Å². The van der Waals surface area contributed by atoms with E-state index in [9.17, 15) is 14.4 Å². The fraction of sp³-hybridized carbons (Fsp3) is 0.300. The molecular weight excluding hydrogens is 478 g/mol. The largest absolute Gasteiger partial charge is 0.325 e. The van der Waals surface area contributed by atoms with Gasteiger partial charge in [0.05, 0.1) is 5.41 Å². The summed E-state index contributed by atoms with van der Waals surface area (Å²) in [4.78, 5) is 50.5. The molecule has 1 saturated carbocycles. The molecule has 2 aliphatic carbocycles. The highest BCUT2D eigenvalue weighted by Crippen LogP contribution is 2.47. The van der Waals surface area contributed by atoms with Crippen LogP contribution < -0.4 is 10.6 Å². The number of amidine groups is 1. The Morgan fingerprint density at radius 2 is 1.76 bits per heavy atom. The minimum absolute atomic E-state index is 0.0332. The minimum atomic E-state index is -0.736. The summed E-state index contributed by atoms with van der Waals surface area (Å²) in [5.74, 6) is 0.805. The predicted octanol–water partition coefficient (Wildman–Crippen LogP) is 3.61. The number of fused-ring (bicyclic) bond motifs is 3. The first-order valence-corrected chi connectivity index (χ1v) is 13.1. The van der Waals surface area contributed by atoms with Crippen molar-refractivity contribution in [1.29, 1.82) is 0 Å². The molecule has 8 heteroatoms. The first-order chi connectivity index (χ1) is 18.5. The second-order valence-electron chi connectivity index (χ2n) is 10.8. The third kappa shape index (κ3) is 3.40. The highest BCUT2D eigenvalue weighted by molar-refractivity contribution is 6.17. The van der Waals surface area contributed by atoms with E-state index in [1.54, 1.807) is 11.1 Å². The molecule has 1 atom stereocenters. The van der Waals surface area contributed by atoms with Crippen LogP contribution in [0, 0.1) is 0 Å². The number of anilines is 2. The predicted molar refractivity (Wildman–Crippen MR) is 143 cm³/mol. The second-order valence-corrected chi connectivity index (χ2v) is 10.8. The standard InChI is InChI=1S/C30H27N5O3/c36-24(18-35-26(19-7-2-1-3-8-19)34-30(28(35)38)12-4-5-13-30)32-22-11-10-20-16-29(17-21(20)15-22)23-9-6-14-31-25(23)33-27(29)37/h1-3,6-11,14-15H,4-5,12-13,16-18H2,(H,32,36)(H,31,33,37)/t29-/m1/s1. The van der Waals surface area contributed by atoms with E-state index in [-0.39, 0.29) is 24.3 Å². The Morgan fingerprint density at radius 3 is 2.58 bits per heavy atom. The Kier molecular flexibility index (Phi) is 5.01. The van der Waals surface area contributed by atoms with Gasteiger partial charge in [-0.2, -0.15) is 0 Å². The van der Waals surface area contributed by atoms with Crippen LogP contribution in [-0.4, -0.2) is 45.5 Å². The molecule has 8 nitrogen and oxygen atoms in total. The van der Waals surface area contributed by atoms with Crippen molar-refractivity contribution in [1.82, 2.24) is 9.88 Å². The zero-order valence-electron chi connectivity index (χ0n) is 20.9. The molecule has 2 aromatic carbocycles. The second kappa shape index (κ2) is 8.34. The molecule has 3 heterocycles. The topological polar surface area (TPSA) is 104 Å². The van der Waals surface area contributed by atoms with E-state index >= 15 is 0 Å². The number of carbonyl (C=O) groups excluding carboxylic acids is 3. The molecule has 2 N–H and O–H groups in total. The lowest BCUT2D eigenvalue weighted by atomic mass is 9.79. The average molecular weight is 506 g/mol. The van der Waals surface area contributed by atoms with Crippen molar-refractivity contribution in [2.75, 3.05) is 17.2 Å². The molecule has 1 aromatic heterocycles. The number of aliphatic imine (C=N–C) groups is 1. The Morgan fingerprint density at radius 1 is 0.974 bits per heavy atom. The fourth-order valence-electron chi connectivity index (χ4n) is 6.59. The van der Waals surface area contributed by atoms with Crippen molar-refractivity contribution >= 4 is 35.1 Å². The number of aromatic nitrogens is 1. The Bertz CT molecular complexity index is 1530. The number of benzene rings is 2. The summed E-state index contributed by atoms with van der Waals surface area (Å²) in [5, 5.41) is 5.90. The van der Waals surface area contributed by atoms with Gasteiger partial charge in [-0.05, 0) is 55.0 Å². The van der Waals surface area contributed by atoms with E-state index in [0.717, 1.165) is 47.9 Å². The molecule has 0 bridgehead atoms. The van der Waals surface area contributed by atoms with Gasteiger partial charge in [-0.25, -0.2) is 4.98 Å². The quantitative estimate of drug-likeness (QED) is 0.565. The number of rotatable bonds is 4. The third-order valence-corrected chi connectivity index (χ3v) is 8.45. The molecule has 4 aliphatic rings. The third-order valence-electron chi connectivity index (χ3n) is 8.45. The Hall–Kier alpha value is -4.33. The van der Waals surface area contributed by atoms with Gasteiger partial charge in [0.25, 0.3) is 5.91 Å². The molecule has 7 rings (SSSR count). The lowest BCUT2D eigenvalue weighted by Gasteiger charge is -2.22. The van der Waals surface area contributed by atoms with E-state index in [0.29, 0.717) is 30.2 Å². The van der Waals surface area contributed by atoms with Gasteiger partial charge in [-0.1, -0.05) is 55.3 Å². The molecule has 3 aromatic rings. The summed E-state index contributed by atoms with van der Waals surface area (Å²) in [7, 11) is 0. The monoisotopic (exact) mass is 505 g/mol. The van der Waals surface area contributed by atoms with Gasteiger partial charge in [-0.3, -0.25) is 24.3 Å². The van der Waals surface area contributed by atoms with Crippen LogP contribution in [0.25, 0.3) is 0 Å². The SMILES string of the molecule is O=C(CN1C(=O)C2(CCCC2)N=C1c1ccccc1)Nc1ccc2c(c1)C[C@@]1(C2)C(=O)Nc2ncccc21. The number of pyridine rings is 1. The number of nitrogens with zero attached hydrogens (tertiary/aromatic N) is 3. The average Bonchev–Trinajstić information content (AvgIpc) is 3.68. The van der Waals surface area contributed by atoms with Crippen molar-refractivity contribution in [3.8, 4) is 0 Å². The van der Waals surface area contributed by atoms with Crippen molar-refractivity contribution in [3.63, 3.8) is 0 Å². The molecule has 0 unspecified atom stereocenters. The molecule has 0 saturated heterocycles. The van der Waals surface area contributed by atoms with E-state index in [1.165, 1.54) is 0 Å².